The van der Waals surface area contributed by atoms with Crippen LogP contribution in [-0.4, -0.2) is 121 Å². The maximum absolute atomic E-state index is 13.3. The van der Waals surface area contributed by atoms with E-state index in [2.05, 4.69) is 0 Å². The molecular formula is C29H35N5O7. The lowest BCUT2D eigenvalue weighted by Crippen LogP contribution is -2.50. The lowest BCUT2D eigenvalue weighted by molar-refractivity contribution is -0.146. The highest BCUT2D eigenvalue weighted by Gasteiger charge is 2.41. The number of carbonyl (C=O) groups is 5. The third-order valence-electron chi connectivity index (χ3n) is 7.53. The van der Waals surface area contributed by atoms with Crippen molar-refractivity contribution in [2.24, 2.45) is 5.73 Å². The second-order valence-corrected chi connectivity index (χ2v) is 10.6. The molecular weight excluding hydrogens is 530 g/mol. The highest BCUT2D eigenvalue weighted by Crippen LogP contribution is 2.44. The number of fused-ring (bicyclic) bond motifs is 3. The second-order valence-electron chi connectivity index (χ2n) is 10.6. The Balaban J connectivity index is 1.36. The Kier molecular flexibility index (Phi) is 8.92. The molecule has 1 heterocycles. The molecule has 0 bridgehead atoms. The van der Waals surface area contributed by atoms with Crippen LogP contribution >= 0.6 is 0 Å². The number of nitrogens with zero attached hydrogens (tertiary/aromatic N) is 4. The summed E-state index contributed by atoms with van der Waals surface area (Å²) >= 11 is 0. The molecule has 12 nitrogen and oxygen atoms in total. The van der Waals surface area contributed by atoms with Crippen LogP contribution < -0.4 is 5.73 Å². The Labute approximate surface area is 238 Å². The van der Waals surface area contributed by atoms with Crippen molar-refractivity contribution in [1.82, 2.24) is 19.6 Å². The summed E-state index contributed by atoms with van der Waals surface area (Å²) in [6.45, 7) is -0.935. The number of ether oxygens (including phenoxy) is 1. The van der Waals surface area contributed by atoms with E-state index in [4.69, 9.17) is 15.6 Å². The molecule has 4 rings (SSSR count). The first-order chi connectivity index (χ1) is 19.5. The molecule has 2 aromatic carbocycles. The smallest absolute Gasteiger partial charge is 0.410 e. The summed E-state index contributed by atoms with van der Waals surface area (Å²) in [5.74, 6) is -2.85. The molecule has 2 atom stereocenters. The molecule has 1 saturated heterocycles. The van der Waals surface area contributed by atoms with Crippen molar-refractivity contribution in [2.75, 3.05) is 53.9 Å². The van der Waals surface area contributed by atoms with Gasteiger partial charge in [0.25, 0.3) is 0 Å². The van der Waals surface area contributed by atoms with Gasteiger partial charge in [-0.05, 0) is 28.7 Å². The van der Waals surface area contributed by atoms with Gasteiger partial charge >= 0.3 is 12.1 Å². The van der Waals surface area contributed by atoms with Crippen LogP contribution in [0.4, 0.5) is 4.79 Å². The average Bonchev–Trinajstić information content (AvgIpc) is 3.48. The van der Waals surface area contributed by atoms with Gasteiger partial charge in [-0.25, -0.2) is 4.79 Å². The number of carbonyl (C=O) groups excluding carboxylic acids is 4. The van der Waals surface area contributed by atoms with Gasteiger partial charge in [-0.3, -0.25) is 24.1 Å². The minimum atomic E-state index is -1.17. The third kappa shape index (κ3) is 6.49. The lowest BCUT2D eigenvalue weighted by atomic mass is 9.98. The van der Waals surface area contributed by atoms with Gasteiger partial charge in [0, 0.05) is 39.6 Å². The van der Waals surface area contributed by atoms with Crippen LogP contribution in [0.5, 0.6) is 0 Å². The standard InChI is InChI=1S/C29H35N5O7/c1-31(14-25(35)32(2)16-27(37)38)26(36)15-33(3)28(39)24-12-18(30)13-34(24)29(40)41-17-23-21-10-6-4-8-19(21)20-9-5-7-11-22(20)23/h4-11,18,23-24H,12-17,30H2,1-3H3,(H,37,38)/t18-,24+/m1/s1. The van der Waals surface area contributed by atoms with Crippen molar-refractivity contribution in [1.29, 1.82) is 0 Å². The topological polar surface area (TPSA) is 154 Å². The van der Waals surface area contributed by atoms with Gasteiger partial charge in [-0.2, -0.15) is 0 Å². The molecule has 0 saturated carbocycles. The fourth-order valence-corrected chi connectivity index (χ4v) is 5.34. The number of carboxylic acids is 1. The second kappa shape index (κ2) is 12.4. The average molecular weight is 566 g/mol. The largest absolute Gasteiger partial charge is 0.480 e. The summed E-state index contributed by atoms with van der Waals surface area (Å²) in [7, 11) is 4.15. The van der Waals surface area contributed by atoms with Crippen molar-refractivity contribution < 1.29 is 33.8 Å². The molecule has 41 heavy (non-hydrogen) atoms. The molecule has 0 unspecified atom stereocenters. The number of likely N-dealkylation sites (N-methyl/N-ethyl adjacent to an activating group) is 3. The summed E-state index contributed by atoms with van der Waals surface area (Å²) < 4.78 is 5.75. The van der Waals surface area contributed by atoms with Gasteiger partial charge in [0.1, 0.15) is 19.2 Å². The fraction of sp³-hybridized carbons (Fsp3) is 0.414. The number of hydrogen-bond donors (Lipinski definition) is 2. The SMILES string of the molecule is CN(CC(=O)O)C(=O)CN(C)C(=O)CN(C)C(=O)[C@@H]1C[C@@H](N)CN1C(=O)OCC1c2ccccc2-c2ccccc21. The quantitative estimate of drug-likeness (QED) is 0.453. The zero-order valence-corrected chi connectivity index (χ0v) is 23.4. The van der Waals surface area contributed by atoms with E-state index in [-0.39, 0.29) is 38.6 Å². The van der Waals surface area contributed by atoms with Gasteiger partial charge in [0.05, 0.1) is 13.1 Å². The Morgan fingerprint density at radius 1 is 0.854 bits per heavy atom. The van der Waals surface area contributed by atoms with E-state index in [1.54, 1.807) is 0 Å². The Morgan fingerprint density at radius 2 is 1.37 bits per heavy atom. The molecule has 1 aliphatic heterocycles. The van der Waals surface area contributed by atoms with Crippen LogP contribution in [0.3, 0.4) is 0 Å². The molecule has 12 heteroatoms. The first kappa shape index (κ1) is 29.5. The summed E-state index contributed by atoms with van der Waals surface area (Å²) in [5.41, 5.74) is 10.5. The number of rotatable bonds is 9. The van der Waals surface area contributed by atoms with Crippen LogP contribution in [0.2, 0.25) is 0 Å². The van der Waals surface area contributed by atoms with Gasteiger partial charge in [-0.15, -0.1) is 0 Å². The van der Waals surface area contributed by atoms with Crippen LogP contribution in [0.25, 0.3) is 11.1 Å². The summed E-state index contributed by atoms with van der Waals surface area (Å²) in [6.07, 6.45) is -0.433. The molecule has 218 valence electrons. The number of benzene rings is 2. The number of likely N-dealkylation sites (tertiary alicyclic amines) is 1. The van der Waals surface area contributed by atoms with Gasteiger partial charge in [-0.1, -0.05) is 48.5 Å². The molecule has 0 radical (unpaired) electrons. The van der Waals surface area contributed by atoms with E-state index < -0.39 is 48.4 Å². The van der Waals surface area contributed by atoms with E-state index in [0.717, 1.165) is 32.1 Å². The number of aliphatic carboxylic acids is 1. The number of nitrogens with two attached hydrogens (primary N) is 1. The molecule has 4 amide bonds. The summed E-state index contributed by atoms with van der Waals surface area (Å²) in [4.78, 5) is 66.9. The summed E-state index contributed by atoms with van der Waals surface area (Å²) in [6, 6.07) is 14.6. The van der Waals surface area contributed by atoms with Crippen molar-refractivity contribution in [3.05, 3.63) is 59.7 Å². The van der Waals surface area contributed by atoms with E-state index in [9.17, 15) is 24.0 Å². The molecule has 2 aromatic rings. The minimum absolute atomic E-state index is 0.100. The van der Waals surface area contributed by atoms with Gasteiger partial charge in [0.2, 0.25) is 17.7 Å². The molecule has 1 fully saturated rings. The van der Waals surface area contributed by atoms with Crippen molar-refractivity contribution in [2.45, 2.75) is 24.4 Å². The molecule has 1 aliphatic carbocycles. The van der Waals surface area contributed by atoms with Crippen LogP contribution in [0.15, 0.2) is 48.5 Å². The monoisotopic (exact) mass is 565 g/mol. The zero-order valence-electron chi connectivity index (χ0n) is 23.4. The normalized spacial score (nSPS) is 17.4. The maximum Gasteiger partial charge on any atom is 0.410 e. The Bertz CT molecular complexity index is 1300. The van der Waals surface area contributed by atoms with E-state index >= 15 is 0 Å². The minimum Gasteiger partial charge on any atom is -0.480 e. The van der Waals surface area contributed by atoms with E-state index in [1.807, 2.05) is 48.5 Å². The first-order valence-electron chi connectivity index (χ1n) is 13.3. The van der Waals surface area contributed by atoms with E-state index in [0.29, 0.717) is 0 Å². The number of amides is 4. The van der Waals surface area contributed by atoms with Crippen molar-refractivity contribution in [3.63, 3.8) is 0 Å². The molecule has 2 aliphatic rings. The Hall–Kier alpha value is -4.45. The maximum atomic E-state index is 13.3. The first-order valence-corrected chi connectivity index (χ1v) is 13.3. The highest BCUT2D eigenvalue weighted by molar-refractivity contribution is 5.91. The number of hydrogen-bond acceptors (Lipinski definition) is 7. The zero-order chi connectivity index (χ0) is 29.8. The predicted molar refractivity (Wildman–Crippen MR) is 149 cm³/mol. The van der Waals surface area contributed by atoms with Gasteiger partial charge < -0.3 is 30.3 Å². The predicted octanol–water partition coefficient (Wildman–Crippen LogP) is 0.797. The van der Waals surface area contributed by atoms with Crippen LogP contribution in [0, 0.1) is 0 Å². The molecule has 3 N–H and O–H groups in total. The van der Waals surface area contributed by atoms with E-state index in [1.165, 1.54) is 30.9 Å². The number of carboxylic acid groups (broad SMARTS) is 1. The van der Waals surface area contributed by atoms with Crippen LogP contribution in [0.1, 0.15) is 23.5 Å². The fourth-order valence-electron chi connectivity index (χ4n) is 5.34. The third-order valence-corrected chi connectivity index (χ3v) is 7.53. The molecule has 0 aromatic heterocycles. The summed E-state index contributed by atoms with van der Waals surface area (Å²) in [5, 5.41) is 8.84. The van der Waals surface area contributed by atoms with Crippen molar-refractivity contribution >= 4 is 29.8 Å². The Morgan fingerprint density at radius 3 is 1.93 bits per heavy atom. The highest BCUT2D eigenvalue weighted by atomic mass is 16.6. The van der Waals surface area contributed by atoms with Crippen molar-refractivity contribution in [3.8, 4) is 11.1 Å². The van der Waals surface area contributed by atoms with Crippen LogP contribution in [-0.2, 0) is 23.9 Å². The van der Waals surface area contributed by atoms with Gasteiger partial charge in [0.15, 0.2) is 0 Å². The lowest BCUT2D eigenvalue weighted by Gasteiger charge is -2.28. The molecule has 0 spiro atoms.